The average molecular weight is 331 g/mol. The van der Waals surface area contributed by atoms with Crippen LogP contribution < -0.4 is 5.32 Å². The molecule has 0 aliphatic heterocycles. The van der Waals surface area contributed by atoms with E-state index in [0.717, 1.165) is 0 Å². The van der Waals surface area contributed by atoms with E-state index in [1.807, 2.05) is 0 Å². The minimum Gasteiger partial charge on any atom is -0.478 e. The molecule has 110 valence electrons. The molecule has 0 unspecified atom stereocenters. The highest BCUT2D eigenvalue weighted by Gasteiger charge is 2.15. The third-order valence-electron chi connectivity index (χ3n) is 2.45. The van der Waals surface area contributed by atoms with Crippen molar-refractivity contribution in [3.63, 3.8) is 0 Å². The number of carbonyl (C=O) groups is 1. The zero-order valence-electron chi connectivity index (χ0n) is 10.4. The number of pyridine rings is 1. The van der Waals surface area contributed by atoms with Crippen molar-refractivity contribution in [2.75, 3.05) is 5.32 Å². The number of hydrogen-bond donors (Lipinski definition) is 2. The highest BCUT2D eigenvalue weighted by Crippen LogP contribution is 2.33. The van der Waals surface area contributed by atoms with Gasteiger partial charge in [-0.25, -0.2) is 9.78 Å². The largest absolute Gasteiger partial charge is 0.478 e. The van der Waals surface area contributed by atoms with Gasteiger partial charge in [-0.05, 0) is 24.3 Å². The van der Waals surface area contributed by atoms with Crippen molar-refractivity contribution in [1.29, 1.82) is 0 Å². The number of carboxylic acid groups (broad SMARTS) is 1. The molecule has 1 aromatic carbocycles. The van der Waals surface area contributed by atoms with Crippen LogP contribution in [-0.2, 0) is 0 Å². The predicted octanol–water partition coefficient (Wildman–Crippen LogP) is 4.49. The van der Waals surface area contributed by atoms with Crippen LogP contribution in [-0.4, -0.2) is 21.8 Å². The molecule has 8 heteroatoms. The number of benzene rings is 1. The van der Waals surface area contributed by atoms with E-state index in [1.54, 1.807) is 18.2 Å². The summed E-state index contributed by atoms with van der Waals surface area (Å²) >= 11 is 6.10. The van der Waals surface area contributed by atoms with Gasteiger partial charge in [0.25, 0.3) is 5.76 Å². The summed E-state index contributed by atoms with van der Waals surface area (Å²) in [5.74, 6) is -3.78. The lowest BCUT2D eigenvalue weighted by molar-refractivity contribution is 0.0697. The fourth-order valence-electron chi connectivity index (χ4n) is 1.60. The van der Waals surface area contributed by atoms with Crippen LogP contribution in [0.5, 0.6) is 0 Å². The highest BCUT2D eigenvalue weighted by molar-refractivity contribution is 7.99. The van der Waals surface area contributed by atoms with Gasteiger partial charge in [-0.15, -0.1) is 0 Å². The van der Waals surface area contributed by atoms with Crippen LogP contribution in [0.25, 0.3) is 0 Å². The number of anilines is 2. The molecule has 0 spiro atoms. The van der Waals surface area contributed by atoms with Crippen molar-refractivity contribution in [3.05, 3.63) is 47.1 Å². The minimum atomic E-state index is -2.58. The Labute approximate surface area is 128 Å². The average Bonchev–Trinajstić information content (AvgIpc) is 2.40. The zero-order chi connectivity index (χ0) is 15.4. The van der Waals surface area contributed by atoms with Crippen molar-refractivity contribution in [2.45, 2.75) is 10.7 Å². The lowest BCUT2D eigenvalue weighted by atomic mass is 10.2. The van der Waals surface area contributed by atoms with Gasteiger partial charge in [-0.3, -0.25) is 0 Å². The van der Waals surface area contributed by atoms with Crippen LogP contribution in [0.3, 0.4) is 0 Å². The third-order valence-corrected chi connectivity index (χ3v) is 3.45. The first-order valence-electron chi connectivity index (χ1n) is 5.68. The summed E-state index contributed by atoms with van der Waals surface area (Å²) in [5.41, 5.74) is 0.233. The second kappa shape index (κ2) is 6.73. The first-order chi connectivity index (χ1) is 9.97. The molecule has 1 heterocycles. The normalized spacial score (nSPS) is 10.7. The standard InChI is InChI=1S/C13H9ClF2N2O2S/c14-10-6-5-7(12(19)20)11(18-10)17-8-3-1-2-4-9(8)21-13(15)16/h1-6,13H,(H,17,18)(H,19,20). The maximum absolute atomic E-state index is 12.5. The molecule has 0 atom stereocenters. The maximum atomic E-state index is 12.5. The van der Waals surface area contributed by atoms with Crippen LogP contribution in [0.1, 0.15) is 10.4 Å². The third kappa shape index (κ3) is 4.05. The van der Waals surface area contributed by atoms with Crippen molar-refractivity contribution in [3.8, 4) is 0 Å². The fraction of sp³-hybridized carbons (Fsp3) is 0.0769. The van der Waals surface area contributed by atoms with Gasteiger partial charge in [0, 0.05) is 4.90 Å². The van der Waals surface area contributed by atoms with Gasteiger partial charge in [0.05, 0.1) is 5.69 Å². The molecule has 0 aliphatic carbocycles. The van der Waals surface area contributed by atoms with Gasteiger partial charge in [0.1, 0.15) is 16.5 Å². The molecule has 0 fully saturated rings. The molecule has 1 aromatic heterocycles. The molecule has 0 saturated heterocycles. The Hall–Kier alpha value is -1.86. The van der Waals surface area contributed by atoms with E-state index in [9.17, 15) is 13.6 Å². The Morgan fingerprint density at radius 3 is 2.67 bits per heavy atom. The SMILES string of the molecule is O=C(O)c1ccc(Cl)nc1Nc1ccccc1SC(F)F. The lowest BCUT2D eigenvalue weighted by Gasteiger charge is -2.12. The Bertz CT molecular complexity index is 670. The van der Waals surface area contributed by atoms with Gasteiger partial charge in [-0.2, -0.15) is 8.78 Å². The molecule has 0 saturated carbocycles. The van der Waals surface area contributed by atoms with Crippen LogP contribution in [0.2, 0.25) is 5.15 Å². The summed E-state index contributed by atoms with van der Waals surface area (Å²) < 4.78 is 25.0. The molecule has 21 heavy (non-hydrogen) atoms. The van der Waals surface area contributed by atoms with Crippen molar-refractivity contribution >= 4 is 40.8 Å². The number of aromatic carboxylic acids is 1. The smallest absolute Gasteiger partial charge is 0.339 e. The second-order valence-electron chi connectivity index (χ2n) is 3.83. The van der Waals surface area contributed by atoms with Crippen LogP contribution in [0.4, 0.5) is 20.3 Å². The molecule has 2 aromatic rings. The summed E-state index contributed by atoms with van der Waals surface area (Å²) in [5, 5.41) is 11.9. The van der Waals surface area contributed by atoms with Crippen LogP contribution in [0.15, 0.2) is 41.3 Å². The van der Waals surface area contributed by atoms with Crippen molar-refractivity contribution in [2.24, 2.45) is 0 Å². The van der Waals surface area contributed by atoms with Crippen molar-refractivity contribution < 1.29 is 18.7 Å². The van der Waals surface area contributed by atoms with Crippen LogP contribution in [0, 0.1) is 0 Å². The monoisotopic (exact) mass is 330 g/mol. The number of alkyl halides is 2. The Morgan fingerprint density at radius 2 is 2.00 bits per heavy atom. The van der Waals surface area contributed by atoms with Gasteiger partial charge in [0.15, 0.2) is 0 Å². The number of para-hydroxylation sites is 1. The summed E-state index contributed by atoms with van der Waals surface area (Å²) in [6.07, 6.45) is 0. The minimum absolute atomic E-state index is 0.00248. The number of rotatable bonds is 5. The number of hydrogen-bond acceptors (Lipinski definition) is 4. The first kappa shape index (κ1) is 15.5. The molecule has 0 bridgehead atoms. The Balaban J connectivity index is 2.38. The van der Waals surface area contributed by atoms with Gasteiger partial charge < -0.3 is 10.4 Å². The second-order valence-corrected chi connectivity index (χ2v) is 5.25. The summed E-state index contributed by atoms with van der Waals surface area (Å²) in [7, 11) is 0. The quantitative estimate of drug-likeness (QED) is 0.624. The number of aromatic nitrogens is 1. The molecule has 0 aliphatic rings. The van der Waals surface area contributed by atoms with Gasteiger partial charge in [0.2, 0.25) is 0 Å². The Kier molecular flexibility index (Phi) is 4.98. The summed E-state index contributed by atoms with van der Waals surface area (Å²) in [4.78, 5) is 15.3. The van der Waals surface area contributed by atoms with Gasteiger partial charge in [-0.1, -0.05) is 35.5 Å². The lowest BCUT2D eigenvalue weighted by Crippen LogP contribution is -2.05. The maximum Gasteiger partial charge on any atom is 0.339 e. The molecule has 0 amide bonds. The number of nitrogens with one attached hydrogen (secondary N) is 1. The van der Waals surface area contributed by atoms with E-state index in [-0.39, 0.29) is 21.4 Å². The van der Waals surface area contributed by atoms with E-state index in [2.05, 4.69) is 10.3 Å². The summed E-state index contributed by atoms with van der Waals surface area (Å²) in [6, 6.07) is 8.95. The van der Waals surface area contributed by atoms with Crippen molar-refractivity contribution in [1.82, 2.24) is 4.98 Å². The molecular weight excluding hydrogens is 322 g/mol. The number of nitrogens with zero attached hydrogens (tertiary/aromatic N) is 1. The van der Waals surface area contributed by atoms with E-state index < -0.39 is 11.7 Å². The molecule has 4 nitrogen and oxygen atoms in total. The summed E-state index contributed by atoms with van der Waals surface area (Å²) in [6.45, 7) is 0. The molecule has 0 radical (unpaired) electrons. The number of thioether (sulfide) groups is 1. The molecule has 2 rings (SSSR count). The molecule has 2 N–H and O–H groups in total. The van der Waals surface area contributed by atoms with E-state index in [4.69, 9.17) is 16.7 Å². The van der Waals surface area contributed by atoms with Gasteiger partial charge >= 0.3 is 5.97 Å². The predicted molar refractivity (Wildman–Crippen MR) is 77.8 cm³/mol. The first-order valence-corrected chi connectivity index (χ1v) is 6.94. The number of carboxylic acids is 1. The number of halogens is 3. The fourth-order valence-corrected chi connectivity index (χ4v) is 2.34. The van der Waals surface area contributed by atoms with Crippen LogP contribution >= 0.6 is 23.4 Å². The topological polar surface area (TPSA) is 62.2 Å². The van der Waals surface area contributed by atoms with E-state index in [0.29, 0.717) is 17.4 Å². The molecular formula is C13H9ClF2N2O2S. The highest BCUT2D eigenvalue weighted by atomic mass is 35.5. The Morgan fingerprint density at radius 1 is 1.29 bits per heavy atom. The van der Waals surface area contributed by atoms with E-state index in [1.165, 1.54) is 18.2 Å². The zero-order valence-corrected chi connectivity index (χ0v) is 12.0. The van der Waals surface area contributed by atoms with E-state index >= 15 is 0 Å².